The minimum atomic E-state index is -0.211. The fourth-order valence-corrected chi connectivity index (χ4v) is 2.03. The Hall–Kier alpha value is -2.21. The molecule has 6 nitrogen and oxygen atoms in total. The van der Waals surface area contributed by atoms with Crippen molar-refractivity contribution in [1.82, 2.24) is 20.1 Å². The van der Waals surface area contributed by atoms with Crippen LogP contribution in [0.4, 0.5) is 0 Å². The summed E-state index contributed by atoms with van der Waals surface area (Å²) in [5.41, 5.74) is 1.79. The molecule has 2 aromatic heterocycles. The van der Waals surface area contributed by atoms with E-state index in [9.17, 15) is 4.79 Å². The highest BCUT2D eigenvalue weighted by Gasteiger charge is 2.17. The van der Waals surface area contributed by atoms with Crippen LogP contribution in [-0.4, -0.2) is 34.4 Å². The van der Waals surface area contributed by atoms with Crippen molar-refractivity contribution in [3.8, 4) is 0 Å². The maximum atomic E-state index is 12.1. The van der Waals surface area contributed by atoms with Crippen LogP contribution >= 0.6 is 0 Å². The van der Waals surface area contributed by atoms with E-state index in [0.29, 0.717) is 13.0 Å². The van der Waals surface area contributed by atoms with Crippen molar-refractivity contribution in [1.29, 1.82) is 0 Å². The molecule has 0 unspecified atom stereocenters. The van der Waals surface area contributed by atoms with Gasteiger partial charge in [-0.15, -0.1) is 0 Å². The van der Waals surface area contributed by atoms with E-state index in [-0.39, 0.29) is 11.9 Å². The van der Waals surface area contributed by atoms with Gasteiger partial charge in [0.05, 0.1) is 24.8 Å². The Morgan fingerprint density at radius 3 is 2.90 bits per heavy atom. The lowest BCUT2D eigenvalue weighted by Crippen LogP contribution is -2.33. The summed E-state index contributed by atoms with van der Waals surface area (Å²) in [4.78, 5) is 16.1. The SMILES string of the molecule is COC[C@H](NC(=O)Cc1cccnc1)c1ccnn1C. The first-order chi connectivity index (χ1) is 9.70. The lowest BCUT2D eigenvalue weighted by Gasteiger charge is -2.18. The van der Waals surface area contributed by atoms with Gasteiger partial charge < -0.3 is 10.1 Å². The summed E-state index contributed by atoms with van der Waals surface area (Å²) in [6.07, 6.45) is 5.37. The Labute approximate surface area is 117 Å². The summed E-state index contributed by atoms with van der Waals surface area (Å²) in [6, 6.07) is 5.35. The third-order valence-electron chi connectivity index (χ3n) is 2.97. The van der Waals surface area contributed by atoms with Gasteiger partial charge in [0.25, 0.3) is 0 Å². The minimum Gasteiger partial charge on any atom is -0.382 e. The normalized spacial score (nSPS) is 12.1. The van der Waals surface area contributed by atoms with Gasteiger partial charge in [-0.3, -0.25) is 14.5 Å². The Kier molecular flexibility index (Phi) is 4.84. The van der Waals surface area contributed by atoms with Crippen molar-refractivity contribution in [2.75, 3.05) is 13.7 Å². The van der Waals surface area contributed by atoms with E-state index in [2.05, 4.69) is 15.4 Å². The van der Waals surface area contributed by atoms with Crippen LogP contribution in [0.15, 0.2) is 36.8 Å². The average Bonchev–Trinajstić information content (AvgIpc) is 2.85. The first kappa shape index (κ1) is 14.2. The third kappa shape index (κ3) is 3.64. The van der Waals surface area contributed by atoms with Crippen LogP contribution in [0.3, 0.4) is 0 Å². The summed E-state index contributed by atoms with van der Waals surface area (Å²) >= 11 is 0. The highest BCUT2D eigenvalue weighted by atomic mass is 16.5. The molecule has 2 rings (SSSR count). The number of methoxy groups -OCH3 is 1. The molecule has 0 aromatic carbocycles. The first-order valence-corrected chi connectivity index (χ1v) is 6.36. The van der Waals surface area contributed by atoms with Crippen LogP contribution < -0.4 is 5.32 Å². The van der Waals surface area contributed by atoms with E-state index in [4.69, 9.17) is 4.74 Å². The average molecular weight is 274 g/mol. The number of hydrogen-bond acceptors (Lipinski definition) is 4. The molecule has 0 radical (unpaired) electrons. The summed E-state index contributed by atoms with van der Waals surface area (Å²) in [5.74, 6) is -0.0683. The summed E-state index contributed by atoms with van der Waals surface area (Å²) in [7, 11) is 3.45. The number of ether oxygens (including phenoxy) is 1. The van der Waals surface area contributed by atoms with Crippen LogP contribution in [0.1, 0.15) is 17.3 Å². The number of aryl methyl sites for hydroxylation is 1. The van der Waals surface area contributed by atoms with E-state index in [0.717, 1.165) is 11.3 Å². The van der Waals surface area contributed by atoms with Crippen molar-refractivity contribution in [3.05, 3.63) is 48.0 Å². The van der Waals surface area contributed by atoms with Gasteiger partial charge in [0.2, 0.25) is 5.91 Å². The van der Waals surface area contributed by atoms with Crippen LogP contribution in [0.5, 0.6) is 0 Å². The number of aromatic nitrogens is 3. The third-order valence-corrected chi connectivity index (χ3v) is 2.97. The number of carbonyl (C=O) groups is 1. The number of carbonyl (C=O) groups excluding carboxylic acids is 1. The summed E-state index contributed by atoms with van der Waals surface area (Å²) in [6.45, 7) is 0.401. The van der Waals surface area contributed by atoms with Gasteiger partial charge in [-0.05, 0) is 17.7 Å². The van der Waals surface area contributed by atoms with Gasteiger partial charge in [0.15, 0.2) is 0 Å². The minimum absolute atomic E-state index is 0.0683. The second-order valence-electron chi connectivity index (χ2n) is 4.49. The molecule has 0 saturated heterocycles. The predicted octanol–water partition coefficient (Wildman–Crippen LogP) is 0.861. The molecule has 6 heteroatoms. The van der Waals surface area contributed by atoms with Gasteiger partial charge in [0.1, 0.15) is 0 Å². The van der Waals surface area contributed by atoms with Crippen LogP contribution in [0.2, 0.25) is 0 Å². The Morgan fingerprint density at radius 1 is 1.45 bits per heavy atom. The molecule has 0 saturated carbocycles. The van der Waals surface area contributed by atoms with Crippen molar-refractivity contribution in [3.63, 3.8) is 0 Å². The second kappa shape index (κ2) is 6.81. The maximum absolute atomic E-state index is 12.1. The van der Waals surface area contributed by atoms with Gasteiger partial charge in [0, 0.05) is 32.7 Å². The zero-order valence-corrected chi connectivity index (χ0v) is 11.6. The number of rotatable bonds is 6. The van der Waals surface area contributed by atoms with Crippen molar-refractivity contribution < 1.29 is 9.53 Å². The molecular weight excluding hydrogens is 256 g/mol. The number of hydrogen-bond donors (Lipinski definition) is 1. The predicted molar refractivity (Wildman–Crippen MR) is 73.9 cm³/mol. The highest BCUT2D eigenvalue weighted by molar-refractivity contribution is 5.78. The summed E-state index contributed by atoms with van der Waals surface area (Å²) in [5, 5.41) is 7.07. The van der Waals surface area contributed by atoms with Crippen molar-refractivity contribution in [2.45, 2.75) is 12.5 Å². The Morgan fingerprint density at radius 2 is 2.30 bits per heavy atom. The van der Waals surface area contributed by atoms with Crippen molar-refractivity contribution >= 4 is 5.91 Å². The van der Waals surface area contributed by atoms with Crippen LogP contribution in [0, 0.1) is 0 Å². The fourth-order valence-electron chi connectivity index (χ4n) is 2.03. The zero-order valence-electron chi connectivity index (χ0n) is 11.6. The fraction of sp³-hybridized carbons (Fsp3) is 0.357. The van der Waals surface area contributed by atoms with Gasteiger partial charge in [-0.2, -0.15) is 5.10 Å². The monoisotopic (exact) mass is 274 g/mol. The molecule has 0 fully saturated rings. The highest BCUT2D eigenvalue weighted by Crippen LogP contribution is 2.12. The maximum Gasteiger partial charge on any atom is 0.225 e. The van der Waals surface area contributed by atoms with E-state index >= 15 is 0 Å². The standard InChI is InChI=1S/C14H18N4O2/c1-18-13(5-7-16-18)12(10-20-2)17-14(19)8-11-4-3-6-15-9-11/h3-7,9,12H,8,10H2,1-2H3,(H,17,19)/t12-/m0/s1. The Bertz CT molecular complexity index is 553. The zero-order chi connectivity index (χ0) is 14.4. The first-order valence-electron chi connectivity index (χ1n) is 6.36. The molecule has 1 N–H and O–H groups in total. The Balaban J connectivity index is 2.01. The lowest BCUT2D eigenvalue weighted by atomic mass is 10.1. The van der Waals surface area contributed by atoms with E-state index in [1.165, 1.54) is 0 Å². The van der Waals surface area contributed by atoms with Gasteiger partial charge >= 0.3 is 0 Å². The molecule has 20 heavy (non-hydrogen) atoms. The molecule has 0 aliphatic rings. The molecule has 1 amide bonds. The van der Waals surface area contributed by atoms with Crippen LogP contribution in [0.25, 0.3) is 0 Å². The lowest BCUT2D eigenvalue weighted by molar-refractivity contribution is -0.121. The second-order valence-corrected chi connectivity index (χ2v) is 4.49. The molecule has 2 heterocycles. The number of amides is 1. The van der Waals surface area contributed by atoms with Crippen LogP contribution in [-0.2, 0) is 23.0 Å². The molecule has 0 aliphatic carbocycles. The molecular formula is C14H18N4O2. The number of nitrogens with one attached hydrogen (secondary N) is 1. The molecule has 0 spiro atoms. The smallest absolute Gasteiger partial charge is 0.225 e. The molecule has 0 bridgehead atoms. The van der Waals surface area contributed by atoms with Gasteiger partial charge in [-0.25, -0.2) is 0 Å². The number of nitrogens with zero attached hydrogens (tertiary/aromatic N) is 3. The molecule has 0 aliphatic heterocycles. The topological polar surface area (TPSA) is 69.0 Å². The summed E-state index contributed by atoms with van der Waals surface area (Å²) < 4.78 is 6.90. The van der Waals surface area contributed by atoms with E-state index in [1.54, 1.807) is 30.4 Å². The van der Waals surface area contributed by atoms with Gasteiger partial charge in [-0.1, -0.05) is 6.07 Å². The molecule has 106 valence electrons. The van der Waals surface area contributed by atoms with E-state index in [1.807, 2.05) is 25.2 Å². The van der Waals surface area contributed by atoms with Crippen molar-refractivity contribution in [2.24, 2.45) is 7.05 Å². The number of pyridine rings is 1. The largest absolute Gasteiger partial charge is 0.382 e. The molecule has 1 atom stereocenters. The van der Waals surface area contributed by atoms with E-state index < -0.39 is 0 Å². The molecule has 2 aromatic rings. The quantitative estimate of drug-likeness (QED) is 0.848.